The van der Waals surface area contributed by atoms with Crippen LogP contribution in [0.25, 0.3) is 0 Å². The van der Waals surface area contributed by atoms with Crippen LogP contribution in [0, 0.1) is 0 Å². The van der Waals surface area contributed by atoms with Crippen LogP contribution in [0.5, 0.6) is 0 Å². The largest absolute Gasteiger partial charge is 0.451 e. The van der Waals surface area contributed by atoms with E-state index in [4.69, 9.17) is 0 Å². The van der Waals surface area contributed by atoms with E-state index in [9.17, 15) is 13.2 Å². The second-order valence-corrected chi connectivity index (χ2v) is 5.61. The highest BCUT2D eigenvalue weighted by Crippen LogP contribution is 2.29. The molecule has 2 rings (SSSR count). The third-order valence-electron chi connectivity index (χ3n) is 2.36. The highest BCUT2D eigenvalue weighted by atomic mass is 79.9. The van der Waals surface area contributed by atoms with E-state index < -0.39 is 12.0 Å². The van der Waals surface area contributed by atoms with Crippen LogP contribution in [0.2, 0.25) is 0 Å². The average Bonchev–Trinajstić information content (AvgIpc) is 2.80. The maximum absolute atomic E-state index is 12.7. The molecule has 0 bridgehead atoms. The lowest BCUT2D eigenvalue weighted by Gasteiger charge is -2.11. The minimum Gasteiger partial charge on any atom is -0.373 e. The maximum Gasteiger partial charge on any atom is 0.451 e. The maximum atomic E-state index is 12.7. The number of thiophene rings is 1. The lowest BCUT2D eigenvalue weighted by Crippen LogP contribution is -2.14. The molecule has 9 heteroatoms. The van der Waals surface area contributed by atoms with Crippen molar-refractivity contribution in [3.05, 3.63) is 32.7 Å². The van der Waals surface area contributed by atoms with Crippen LogP contribution >= 0.6 is 27.3 Å². The molecule has 0 fully saturated rings. The van der Waals surface area contributed by atoms with Crippen molar-refractivity contribution in [3.8, 4) is 0 Å². The van der Waals surface area contributed by atoms with Crippen molar-refractivity contribution in [1.82, 2.24) is 9.97 Å². The molecule has 2 aromatic rings. The minimum atomic E-state index is -4.58. The summed E-state index contributed by atoms with van der Waals surface area (Å²) in [6.45, 7) is 0.385. The number of hydrogen-bond acceptors (Lipinski definition) is 5. The van der Waals surface area contributed by atoms with Crippen LogP contribution in [0.15, 0.2) is 22.0 Å². The van der Waals surface area contributed by atoms with Crippen molar-refractivity contribution in [2.45, 2.75) is 12.7 Å². The summed E-state index contributed by atoms with van der Waals surface area (Å²) < 4.78 is 38.9. The van der Waals surface area contributed by atoms with Gasteiger partial charge in [0, 0.05) is 22.5 Å². The Balaban J connectivity index is 2.21. The van der Waals surface area contributed by atoms with Gasteiger partial charge in [-0.15, -0.1) is 11.3 Å². The average molecular weight is 367 g/mol. The predicted octanol–water partition coefficient (Wildman–Crippen LogP) is 3.97. The molecule has 0 radical (unpaired) electrons. The highest BCUT2D eigenvalue weighted by molar-refractivity contribution is 9.10. The fraction of sp³-hybridized carbons (Fsp3) is 0.273. The van der Waals surface area contributed by atoms with E-state index in [1.165, 1.54) is 24.5 Å². The van der Waals surface area contributed by atoms with Crippen LogP contribution < -0.4 is 10.6 Å². The first kappa shape index (κ1) is 15.0. The summed E-state index contributed by atoms with van der Waals surface area (Å²) in [5, 5.41) is 7.34. The zero-order valence-electron chi connectivity index (χ0n) is 10.3. The van der Waals surface area contributed by atoms with Crippen LogP contribution in [-0.4, -0.2) is 17.0 Å². The number of anilines is 2. The molecule has 0 aliphatic rings. The monoisotopic (exact) mass is 366 g/mol. The van der Waals surface area contributed by atoms with Crippen LogP contribution in [0.1, 0.15) is 10.7 Å². The van der Waals surface area contributed by atoms with Gasteiger partial charge >= 0.3 is 6.18 Å². The van der Waals surface area contributed by atoms with Crippen molar-refractivity contribution in [2.24, 2.45) is 0 Å². The van der Waals surface area contributed by atoms with Gasteiger partial charge in [-0.3, -0.25) is 0 Å². The standard InChI is InChI=1S/C11H10BrF3N4S/c1-16-8-4-9(19-10(18-8)11(13,14)15)17-5-7-6(12)2-3-20-7/h2-4H,5H2,1H3,(H2,16,17,18,19). The van der Waals surface area contributed by atoms with Gasteiger partial charge in [0.2, 0.25) is 5.82 Å². The Morgan fingerprint density at radius 3 is 2.55 bits per heavy atom. The molecule has 0 saturated carbocycles. The van der Waals surface area contributed by atoms with Gasteiger partial charge in [0.25, 0.3) is 0 Å². The molecule has 4 nitrogen and oxygen atoms in total. The first-order valence-electron chi connectivity index (χ1n) is 5.50. The molecule has 0 aliphatic heterocycles. The minimum absolute atomic E-state index is 0.111. The molecule has 20 heavy (non-hydrogen) atoms. The lowest BCUT2D eigenvalue weighted by atomic mass is 10.4. The summed E-state index contributed by atoms with van der Waals surface area (Å²) in [6.07, 6.45) is -4.58. The molecule has 2 heterocycles. The molecule has 0 spiro atoms. The molecule has 0 saturated heterocycles. The molecule has 0 atom stereocenters. The molecule has 2 N–H and O–H groups in total. The van der Waals surface area contributed by atoms with Crippen molar-refractivity contribution in [3.63, 3.8) is 0 Å². The number of rotatable bonds is 4. The SMILES string of the molecule is CNc1cc(NCc2sccc2Br)nc(C(F)(F)F)n1. The summed E-state index contributed by atoms with van der Waals surface area (Å²) in [5.74, 6) is -0.936. The Kier molecular flexibility index (Phi) is 4.48. The van der Waals surface area contributed by atoms with E-state index in [1.807, 2.05) is 11.4 Å². The number of hydrogen-bond donors (Lipinski definition) is 2. The highest BCUT2D eigenvalue weighted by Gasteiger charge is 2.35. The molecule has 0 unspecified atom stereocenters. The first-order valence-corrected chi connectivity index (χ1v) is 7.17. The van der Waals surface area contributed by atoms with Gasteiger partial charge in [0.05, 0.1) is 6.54 Å². The summed E-state index contributed by atoms with van der Waals surface area (Å²) in [4.78, 5) is 7.85. The zero-order valence-corrected chi connectivity index (χ0v) is 12.7. The van der Waals surface area contributed by atoms with Crippen molar-refractivity contribution < 1.29 is 13.2 Å². The second-order valence-electron chi connectivity index (χ2n) is 3.76. The molecular weight excluding hydrogens is 357 g/mol. The number of nitrogens with one attached hydrogen (secondary N) is 2. The quantitative estimate of drug-likeness (QED) is 0.859. The lowest BCUT2D eigenvalue weighted by molar-refractivity contribution is -0.144. The summed E-state index contributed by atoms with van der Waals surface area (Å²) in [7, 11) is 1.50. The van der Waals surface area contributed by atoms with Gasteiger partial charge in [-0.1, -0.05) is 0 Å². The van der Waals surface area contributed by atoms with E-state index in [-0.39, 0.29) is 11.6 Å². The predicted molar refractivity (Wildman–Crippen MR) is 75.9 cm³/mol. The van der Waals surface area contributed by atoms with Crippen molar-refractivity contribution in [2.75, 3.05) is 17.7 Å². The van der Waals surface area contributed by atoms with E-state index >= 15 is 0 Å². The van der Waals surface area contributed by atoms with Crippen LogP contribution in [0.4, 0.5) is 24.8 Å². The summed E-state index contributed by atoms with van der Waals surface area (Å²) in [5.41, 5.74) is 0. The molecule has 2 aromatic heterocycles. The van der Waals surface area contributed by atoms with Crippen molar-refractivity contribution >= 4 is 38.9 Å². The Morgan fingerprint density at radius 1 is 1.30 bits per heavy atom. The van der Waals surface area contributed by atoms with Gasteiger partial charge in [-0.25, -0.2) is 9.97 Å². The van der Waals surface area contributed by atoms with Gasteiger partial charge in [0.1, 0.15) is 11.6 Å². The molecular formula is C11H10BrF3N4S. The number of halogens is 4. The Morgan fingerprint density at radius 2 is 2.00 bits per heavy atom. The molecule has 0 aromatic carbocycles. The summed E-state index contributed by atoms with van der Waals surface area (Å²) >= 11 is 4.86. The Labute approximate surface area is 125 Å². The topological polar surface area (TPSA) is 49.8 Å². The smallest absolute Gasteiger partial charge is 0.373 e. The molecule has 0 aliphatic carbocycles. The number of nitrogens with zero attached hydrogens (tertiary/aromatic N) is 2. The van der Waals surface area contributed by atoms with E-state index in [0.717, 1.165) is 9.35 Å². The molecule has 108 valence electrons. The van der Waals surface area contributed by atoms with Crippen LogP contribution in [-0.2, 0) is 12.7 Å². The second kappa shape index (κ2) is 5.96. The fourth-order valence-corrected chi connectivity index (χ4v) is 2.85. The third-order valence-corrected chi connectivity index (χ3v) is 4.28. The number of alkyl halides is 3. The zero-order chi connectivity index (χ0) is 14.8. The number of aromatic nitrogens is 2. The van der Waals surface area contributed by atoms with E-state index in [1.54, 1.807) is 0 Å². The normalized spacial score (nSPS) is 11.4. The van der Waals surface area contributed by atoms with Crippen molar-refractivity contribution in [1.29, 1.82) is 0 Å². The van der Waals surface area contributed by atoms with Gasteiger partial charge in [0.15, 0.2) is 0 Å². The van der Waals surface area contributed by atoms with Gasteiger partial charge in [-0.05, 0) is 27.4 Å². The molecule has 0 amide bonds. The van der Waals surface area contributed by atoms with E-state index in [0.29, 0.717) is 6.54 Å². The third kappa shape index (κ3) is 3.60. The first-order chi connectivity index (χ1) is 9.40. The van der Waals surface area contributed by atoms with E-state index in [2.05, 4.69) is 36.5 Å². The fourth-order valence-electron chi connectivity index (χ4n) is 1.41. The summed E-state index contributed by atoms with van der Waals surface area (Å²) in [6, 6.07) is 3.30. The van der Waals surface area contributed by atoms with Crippen LogP contribution in [0.3, 0.4) is 0 Å². The van der Waals surface area contributed by atoms with Gasteiger partial charge < -0.3 is 10.6 Å². The Hall–Kier alpha value is -1.35. The Bertz CT molecular complexity index is 600. The van der Waals surface area contributed by atoms with Gasteiger partial charge in [-0.2, -0.15) is 13.2 Å².